The Morgan fingerprint density at radius 1 is 1.33 bits per heavy atom. The van der Waals surface area contributed by atoms with Crippen molar-refractivity contribution in [3.8, 4) is 5.75 Å². The molecule has 0 bridgehead atoms. The molecule has 2 aromatic rings. The monoisotopic (exact) mass is 288 g/mol. The van der Waals surface area contributed by atoms with Crippen molar-refractivity contribution in [2.45, 2.75) is 26.4 Å². The molecule has 0 radical (unpaired) electrons. The number of carbonyl (C=O) groups is 1. The Kier molecular flexibility index (Phi) is 4.75. The maximum Gasteiger partial charge on any atom is 0.317 e. The fourth-order valence-electron chi connectivity index (χ4n) is 2.22. The molecule has 2 rings (SSSR count). The van der Waals surface area contributed by atoms with Gasteiger partial charge in [0, 0.05) is 18.0 Å². The van der Waals surface area contributed by atoms with Gasteiger partial charge in [-0.3, -0.25) is 9.69 Å². The minimum atomic E-state index is -0.831. The minimum Gasteiger partial charge on any atom is -0.494 e. The topological polar surface area (TPSA) is 62.7 Å². The van der Waals surface area contributed by atoms with Crippen molar-refractivity contribution in [3.63, 3.8) is 0 Å². The molecule has 0 aliphatic heterocycles. The largest absolute Gasteiger partial charge is 0.494 e. The molecule has 1 aromatic carbocycles. The minimum absolute atomic E-state index is 0.00328. The second kappa shape index (κ2) is 6.54. The van der Waals surface area contributed by atoms with Crippen LogP contribution in [0.3, 0.4) is 0 Å². The Labute approximate surface area is 124 Å². The van der Waals surface area contributed by atoms with Gasteiger partial charge in [0.25, 0.3) is 0 Å². The average Bonchev–Trinajstić information content (AvgIpc) is 2.45. The maximum absolute atomic E-state index is 10.9. The van der Waals surface area contributed by atoms with Gasteiger partial charge in [0.1, 0.15) is 11.3 Å². The molecule has 0 unspecified atom stereocenters. The van der Waals surface area contributed by atoms with Crippen molar-refractivity contribution in [2.24, 2.45) is 0 Å². The van der Waals surface area contributed by atoms with Crippen LogP contribution in [0, 0.1) is 0 Å². The Balaban J connectivity index is 2.31. The summed E-state index contributed by atoms with van der Waals surface area (Å²) in [6, 6.07) is 9.82. The number of aromatic nitrogens is 1. The molecule has 0 aliphatic rings. The van der Waals surface area contributed by atoms with E-state index in [1.54, 1.807) is 7.11 Å². The van der Waals surface area contributed by atoms with E-state index in [1.807, 2.05) is 49.1 Å². The average molecular weight is 288 g/mol. The van der Waals surface area contributed by atoms with Gasteiger partial charge in [-0.15, -0.1) is 0 Å². The maximum atomic E-state index is 10.9. The Bertz CT molecular complexity index is 640. The fourth-order valence-corrected chi connectivity index (χ4v) is 2.22. The molecule has 21 heavy (non-hydrogen) atoms. The van der Waals surface area contributed by atoms with E-state index in [4.69, 9.17) is 9.84 Å². The van der Waals surface area contributed by atoms with Crippen LogP contribution in [0.25, 0.3) is 10.9 Å². The Morgan fingerprint density at radius 2 is 2.10 bits per heavy atom. The molecular formula is C16H20N2O3. The van der Waals surface area contributed by atoms with Crippen LogP contribution in [-0.2, 0) is 11.3 Å². The number of methoxy groups -OCH3 is 1. The summed E-state index contributed by atoms with van der Waals surface area (Å²) in [5.41, 5.74) is 1.64. The standard InChI is InChI=1S/C16H20N2O3/c1-11(2)18(10-15(19)20)9-13-8-7-12-5-4-6-14(21-3)16(12)17-13/h4-8,11H,9-10H2,1-3H3,(H,19,20). The van der Waals surface area contributed by atoms with Gasteiger partial charge in [-0.25, -0.2) is 4.98 Å². The Morgan fingerprint density at radius 3 is 2.71 bits per heavy atom. The van der Waals surface area contributed by atoms with Gasteiger partial charge in [0.05, 0.1) is 19.3 Å². The number of nitrogens with zero attached hydrogens (tertiary/aromatic N) is 2. The SMILES string of the molecule is COc1cccc2ccc(CN(CC(=O)O)C(C)C)nc12. The lowest BCUT2D eigenvalue weighted by Crippen LogP contribution is -2.35. The number of hydrogen-bond acceptors (Lipinski definition) is 4. The number of carboxylic acids is 1. The van der Waals surface area contributed by atoms with Crippen molar-refractivity contribution in [2.75, 3.05) is 13.7 Å². The van der Waals surface area contributed by atoms with Crippen LogP contribution in [-0.4, -0.2) is 40.7 Å². The molecule has 5 heteroatoms. The van der Waals surface area contributed by atoms with Crippen molar-refractivity contribution < 1.29 is 14.6 Å². The predicted molar refractivity (Wildman–Crippen MR) is 81.5 cm³/mol. The van der Waals surface area contributed by atoms with Crippen molar-refractivity contribution in [3.05, 3.63) is 36.0 Å². The van der Waals surface area contributed by atoms with Crippen molar-refractivity contribution >= 4 is 16.9 Å². The first-order chi connectivity index (χ1) is 10.0. The zero-order valence-corrected chi connectivity index (χ0v) is 12.5. The van der Waals surface area contributed by atoms with Crippen LogP contribution in [0.4, 0.5) is 0 Å². The lowest BCUT2D eigenvalue weighted by atomic mass is 10.1. The van der Waals surface area contributed by atoms with Crippen molar-refractivity contribution in [1.82, 2.24) is 9.88 Å². The number of aliphatic carboxylic acids is 1. The summed E-state index contributed by atoms with van der Waals surface area (Å²) in [6.45, 7) is 4.45. The molecule has 0 atom stereocenters. The number of ether oxygens (including phenoxy) is 1. The van der Waals surface area contributed by atoms with E-state index >= 15 is 0 Å². The summed E-state index contributed by atoms with van der Waals surface area (Å²) in [5, 5.41) is 9.99. The number of benzene rings is 1. The summed E-state index contributed by atoms with van der Waals surface area (Å²) in [7, 11) is 1.62. The predicted octanol–water partition coefficient (Wildman–Crippen LogP) is 2.54. The van der Waals surface area contributed by atoms with Gasteiger partial charge >= 0.3 is 5.97 Å². The molecule has 5 nitrogen and oxygen atoms in total. The number of hydrogen-bond donors (Lipinski definition) is 1. The molecule has 0 amide bonds. The van der Waals surface area contributed by atoms with Crippen LogP contribution in [0.15, 0.2) is 30.3 Å². The summed E-state index contributed by atoms with van der Waals surface area (Å²) in [6.07, 6.45) is 0. The molecule has 0 aliphatic carbocycles. The molecule has 0 saturated carbocycles. The molecule has 1 aromatic heterocycles. The molecule has 112 valence electrons. The number of para-hydroxylation sites is 1. The third-order valence-corrected chi connectivity index (χ3v) is 3.39. The molecule has 1 N–H and O–H groups in total. The highest BCUT2D eigenvalue weighted by molar-refractivity contribution is 5.84. The normalized spacial score (nSPS) is 11.3. The van der Waals surface area contributed by atoms with Gasteiger partial charge in [-0.1, -0.05) is 18.2 Å². The first-order valence-electron chi connectivity index (χ1n) is 6.89. The van der Waals surface area contributed by atoms with E-state index in [1.165, 1.54) is 0 Å². The summed E-state index contributed by atoms with van der Waals surface area (Å²) < 4.78 is 5.33. The van der Waals surface area contributed by atoms with Gasteiger partial charge in [0.15, 0.2) is 0 Å². The molecule has 0 spiro atoms. The highest BCUT2D eigenvalue weighted by atomic mass is 16.5. The van der Waals surface area contributed by atoms with Gasteiger partial charge < -0.3 is 9.84 Å². The highest BCUT2D eigenvalue weighted by Crippen LogP contribution is 2.24. The third kappa shape index (κ3) is 3.70. The smallest absolute Gasteiger partial charge is 0.317 e. The lowest BCUT2D eigenvalue weighted by molar-refractivity contribution is -0.138. The number of pyridine rings is 1. The van der Waals surface area contributed by atoms with E-state index in [-0.39, 0.29) is 12.6 Å². The van der Waals surface area contributed by atoms with E-state index < -0.39 is 5.97 Å². The van der Waals surface area contributed by atoms with E-state index in [9.17, 15) is 4.79 Å². The molecule has 0 fully saturated rings. The van der Waals surface area contributed by atoms with Gasteiger partial charge in [-0.05, 0) is 26.0 Å². The quantitative estimate of drug-likeness (QED) is 0.885. The molecule has 1 heterocycles. The van der Waals surface area contributed by atoms with E-state index in [0.29, 0.717) is 6.54 Å². The number of fused-ring (bicyclic) bond motifs is 1. The molecule has 0 saturated heterocycles. The third-order valence-electron chi connectivity index (χ3n) is 3.39. The number of carboxylic acid groups (broad SMARTS) is 1. The van der Waals surface area contributed by atoms with Crippen LogP contribution >= 0.6 is 0 Å². The highest BCUT2D eigenvalue weighted by Gasteiger charge is 2.15. The van der Waals surface area contributed by atoms with E-state index in [2.05, 4.69) is 4.98 Å². The zero-order valence-electron chi connectivity index (χ0n) is 12.5. The second-order valence-corrected chi connectivity index (χ2v) is 5.23. The zero-order chi connectivity index (χ0) is 15.4. The fraction of sp³-hybridized carbons (Fsp3) is 0.375. The summed E-state index contributed by atoms with van der Waals surface area (Å²) >= 11 is 0. The van der Waals surface area contributed by atoms with Crippen molar-refractivity contribution in [1.29, 1.82) is 0 Å². The lowest BCUT2D eigenvalue weighted by Gasteiger charge is -2.24. The summed E-state index contributed by atoms with van der Waals surface area (Å²) in [5.74, 6) is -0.106. The Hall–Kier alpha value is -2.14. The van der Waals surface area contributed by atoms with E-state index in [0.717, 1.165) is 22.3 Å². The second-order valence-electron chi connectivity index (χ2n) is 5.23. The van der Waals surface area contributed by atoms with Crippen LogP contribution in [0.1, 0.15) is 19.5 Å². The first kappa shape index (κ1) is 15.3. The van der Waals surface area contributed by atoms with Crippen LogP contribution in [0.5, 0.6) is 5.75 Å². The van der Waals surface area contributed by atoms with Crippen LogP contribution in [0.2, 0.25) is 0 Å². The van der Waals surface area contributed by atoms with Crippen LogP contribution < -0.4 is 4.74 Å². The summed E-state index contributed by atoms with van der Waals surface area (Å²) in [4.78, 5) is 17.4. The first-order valence-corrected chi connectivity index (χ1v) is 6.89. The van der Waals surface area contributed by atoms with Gasteiger partial charge in [-0.2, -0.15) is 0 Å². The number of rotatable bonds is 6. The molecular weight excluding hydrogens is 268 g/mol. The van der Waals surface area contributed by atoms with Gasteiger partial charge in [0.2, 0.25) is 0 Å².